The van der Waals surface area contributed by atoms with Crippen molar-refractivity contribution in [1.82, 2.24) is 8.96 Å². The minimum Gasteiger partial charge on any atom is -0.305 e. The molecular weight excluding hydrogens is 208 g/mol. The lowest BCUT2D eigenvalue weighted by atomic mass is 10.3. The predicted molar refractivity (Wildman–Crippen MR) is 65.3 cm³/mol. The van der Waals surface area contributed by atoms with Gasteiger partial charge in [-0.05, 0) is 44.9 Å². The molecule has 0 aliphatic carbocycles. The van der Waals surface area contributed by atoms with Gasteiger partial charge in [0.15, 0.2) is 0 Å². The van der Waals surface area contributed by atoms with Gasteiger partial charge in [0, 0.05) is 4.75 Å². The van der Waals surface area contributed by atoms with Crippen LogP contribution >= 0.6 is 11.9 Å². The second kappa shape index (κ2) is 3.45. The summed E-state index contributed by atoms with van der Waals surface area (Å²) in [7, 11) is 0. The van der Waals surface area contributed by atoms with Crippen molar-refractivity contribution in [3.05, 3.63) is 34.7 Å². The molecule has 1 aromatic carbocycles. The van der Waals surface area contributed by atoms with Gasteiger partial charge < -0.3 is 4.98 Å². The van der Waals surface area contributed by atoms with Gasteiger partial charge in [-0.1, -0.05) is 12.1 Å². The van der Waals surface area contributed by atoms with Crippen LogP contribution in [-0.2, 0) is 0 Å². The van der Waals surface area contributed by atoms with E-state index in [1.807, 2.05) is 24.3 Å². The van der Waals surface area contributed by atoms with Crippen LogP contribution in [0.3, 0.4) is 0 Å². The van der Waals surface area contributed by atoms with Gasteiger partial charge in [0.2, 0.25) is 0 Å². The molecule has 1 N–H and O–H groups in total. The van der Waals surface area contributed by atoms with E-state index in [0.29, 0.717) is 0 Å². The normalized spacial score (nSPS) is 12.2. The SMILES string of the molecule is CC(C)(C)Sn1c(=O)[nH]c2ccccc21. The molecule has 2 aromatic rings. The van der Waals surface area contributed by atoms with E-state index in [0.717, 1.165) is 11.0 Å². The summed E-state index contributed by atoms with van der Waals surface area (Å²) < 4.78 is 1.74. The zero-order valence-electron chi connectivity index (χ0n) is 9.07. The average Bonchev–Trinajstić information content (AvgIpc) is 2.41. The molecule has 0 atom stereocenters. The molecule has 0 saturated heterocycles. The standard InChI is InChI=1S/C11H14N2OS/c1-11(2,3)15-13-9-7-5-4-6-8(9)12-10(13)14/h4-7H,1-3H3,(H,12,14). The Balaban J connectivity index is 2.60. The van der Waals surface area contributed by atoms with Gasteiger partial charge in [0.1, 0.15) is 0 Å². The zero-order valence-corrected chi connectivity index (χ0v) is 9.89. The van der Waals surface area contributed by atoms with Crippen LogP contribution in [0.4, 0.5) is 0 Å². The molecule has 0 aliphatic heterocycles. The summed E-state index contributed by atoms with van der Waals surface area (Å²) in [6.07, 6.45) is 0. The van der Waals surface area contributed by atoms with Crippen molar-refractivity contribution in [2.24, 2.45) is 0 Å². The number of rotatable bonds is 1. The minimum absolute atomic E-state index is 0.0226. The number of para-hydroxylation sites is 2. The monoisotopic (exact) mass is 222 g/mol. The molecule has 0 unspecified atom stereocenters. The molecule has 0 amide bonds. The smallest absolute Gasteiger partial charge is 0.305 e. The topological polar surface area (TPSA) is 37.8 Å². The molecule has 0 saturated carbocycles. The van der Waals surface area contributed by atoms with Crippen LogP contribution in [0.5, 0.6) is 0 Å². The highest BCUT2D eigenvalue weighted by molar-refractivity contribution is 7.99. The van der Waals surface area contributed by atoms with E-state index >= 15 is 0 Å². The van der Waals surface area contributed by atoms with Crippen LogP contribution < -0.4 is 5.69 Å². The number of fused-ring (bicyclic) bond motifs is 1. The largest absolute Gasteiger partial charge is 0.336 e. The number of nitrogens with zero attached hydrogens (tertiary/aromatic N) is 1. The Morgan fingerprint density at radius 2 is 1.93 bits per heavy atom. The third kappa shape index (κ3) is 2.09. The third-order valence-electron chi connectivity index (χ3n) is 1.91. The van der Waals surface area contributed by atoms with Crippen LogP contribution in [0.2, 0.25) is 0 Å². The number of aromatic amines is 1. The summed E-state index contributed by atoms with van der Waals surface area (Å²) >= 11 is 1.54. The summed E-state index contributed by atoms with van der Waals surface area (Å²) in [4.78, 5) is 14.5. The number of imidazole rings is 1. The van der Waals surface area contributed by atoms with Crippen LogP contribution in [0.25, 0.3) is 11.0 Å². The number of H-pyrrole nitrogens is 1. The number of benzene rings is 1. The maximum Gasteiger partial charge on any atom is 0.336 e. The Hall–Kier alpha value is -1.16. The molecule has 1 heterocycles. The lowest BCUT2D eigenvalue weighted by Crippen LogP contribution is -2.19. The van der Waals surface area contributed by atoms with Crippen molar-refractivity contribution >= 4 is 23.0 Å². The predicted octanol–water partition coefficient (Wildman–Crippen LogP) is 2.62. The molecule has 80 valence electrons. The summed E-state index contributed by atoms with van der Waals surface area (Å²) in [5, 5.41) is 0. The van der Waals surface area contributed by atoms with Gasteiger partial charge in [-0.15, -0.1) is 0 Å². The van der Waals surface area contributed by atoms with E-state index in [9.17, 15) is 4.79 Å². The highest BCUT2D eigenvalue weighted by Gasteiger charge is 2.16. The van der Waals surface area contributed by atoms with Crippen molar-refractivity contribution in [3.8, 4) is 0 Å². The first kappa shape index (κ1) is 10.4. The van der Waals surface area contributed by atoms with Gasteiger partial charge in [0.25, 0.3) is 0 Å². The molecule has 0 fully saturated rings. The van der Waals surface area contributed by atoms with Gasteiger partial charge in [0.05, 0.1) is 11.0 Å². The molecule has 3 nitrogen and oxygen atoms in total. The van der Waals surface area contributed by atoms with Crippen molar-refractivity contribution in [1.29, 1.82) is 0 Å². The fourth-order valence-electron chi connectivity index (χ4n) is 1.40. The van der Waals surface area contributed by atoms with E-state index < -0.39 is 0 Å². The Morgan fingerprint density at radius 1 is 1.27 bits per heavy atom. The van der Waals surface area contributed by atoms with E-state index in [4.69, 9.17) is 0 Å². The van der Waals surface area contributed by atoms with E-state index in [1.165, 1.54) is 11.9 Å². The van der Waals surface area contributed by atoms with E-state index in [-0.39, 0.29) is 10.4 Å². The highest BCUT2D eigenvalue weighted by atomic mass is 32.2. The Kier molecular flexibility index (Phi) is 2.38. The lowest BCUT2D eigenvalue weighted by Gasteiger charge is -2.17. The molecule has 0 aliphatic rings. The Labute approximate surface area is 92.6 Å². The van der Waals surface area contributed by atoms with Crippen molar-refractivity contribution in [2.45, 2.75) is 25.5 Å². The zero-order chi connectivity index (χ0) is 11.1. The number of aromatic nitrogens is 2. The second-order valence-corrected chi connectivity index (χ2v) is 6.22. The Morgan fingerprint density at radius 3 is 2.60 bits per heavy atom. The third-order valence-corrected chi connectivity index (χ3v) is 3.01. The minimum atomic E-state index is -0.0591. The Bertz CT molecular complexity index is 533. The lowest BCUT2D eigenvalue weighted by molar-refractivity contribution is 0.796. The van der Waals surface area contributed by atoms with Gasteiger partial charge in [-0.3, -0.25) is 0 Å². The van der Waals surface area contributed by atoms with Crippen LogP contribution in [-0.4, -0.2) is 13.7 Å². The van der Waals surface area contributed by atoms with Gasteiger partial charge >= 0.3 is 5.69 Å². The summed E-state index contributed by atoms with van der Waals surface area (Å²) in [5.41, 5.74) is 1.78. The van der Waals surface area contributed by atoms with Crippen LogP contribution in [0.1, 0.15) is 20.8 Å². The average molecular weight is 222 g/mol. The molecule has 0 radical (unpaired) electrons. The molecule has 15 heavy (non-hydrogen) atoms. The summed E-state index contributed by atoms with van der Waals surface area (Å²) in [6.45, 7) is 6.27. The molecule has 2 rings (SSSR count). The number of hydrogen-bond donors (Lipinski definition) is 1. The van der Waals surface area contributed by atoms with E-state index in [1.54, 1.807) is 3.97 Å². The quantitative estimate of drug-likeness (QED) is 0.805. The highest BCUT2D eigenvalue weighted by Crippen LogP contribution is 2.26. The maximum atomic E-state index is 11.7. The van der Waals surface area contributed by atoms with Crippen molar-refractivity contribution < 1.29 is 0 Å². The number of nitrogens with one attached hydrogen (secondary N) is 1. The second-order valence-electron chi connectivity index (χ2n) is 4.45. The van der Waals surface area contributed by atoms with E-state index in [2.05, 4.69) is 25.8 Å². The fraction of sp³-hybridized carbons (Fsp3) is 0.364. The van der Waals surface area contributed by atoms with Gasteiger partial charge in [-0.2, -0.15) is 0 Å². The number of hydrogen-bond acceptors (Lipinski definition) is 2. The van der Waals surface area contributed by atoms with Crippen molar-refractivity contribution in [3.63, 3.8) is 0 Å². The molecular formula is C11H14N2OS. The molecule has 0 spiro atoms. The first-order chi connectivity index (χ1) is 6.97. The summed E-state index contributed by atoms with van der Waals surface area (Å²) in [6, 6.07) is 7.72. The maximum absolute atomic E-state index is 11.7. The first-order valence-corrected chi connectivity index (χ1v) is 5.64. The van der Waals surface area contributed by atoms with Crippen molar-refractivity contribution in [2.75, 3.05) is 0 Å². The van der Waals surface area contributed by atoms with Gasteiger partial charge in [-0.25, -0.2) is 8.77 Å². The fourth-order valence-corrected chi connectivity index (χ4v) is 2.33. The first-order valence-electron chi connectivity index (χ1n) is 4.87. The van der Waals surface area contributed by atoms with Crippen LogP contribution in [0.15, 0.2) is 29.1 Å². The van der Waals surface area contributed by atoms with Crippen LogP contribution in [0, 0.1) is 0 Å². The molecule has 0 bridgehead atoms. The molecule has 4 heteroatoms. The molecule has 1 aromatic heterocycles. The summed E-state index contributed by atoms with van der Waals surface area (Å²) in [5.74, 6) is 0.